The van der Waals surface area contributed by atoms with Gasteiger partial charge in [-0.05, 0) is 31.0 Å². The molecule has 1 N–H and O–H groups in total. The molecule has 0 bridgehead atoms. The second-order valence-electron chi connectivity index (χ2n) is 3.66. The number of thiol groups is 1. The Labute approximate surface area is 97.4 Å². The molecule has 84 valence electrons. The Morgan fingerprint density at radius 3 is 2.67 bits per heavy atom. The van der Waals surface area contributed by atoms with Crippen LogP contribution in [0, 0.1) is 13.8 Å². The van der Waals surface area contributed by atoms with Gasteiger partial charge >= 0.3 is 0 Å². The minimum atomic E-state index is 0.843. The molecule has 2 nitrogen and oxygen atoms in total. The first-order chi connectivity index (χ1) is 7.19. The van der Waals surface area contributed by atoms with Gasteiger partial charge in [-0.25, -0.2) is 0 Å². The van der Waals surface area contributed by atoms with Gasteiger partial charge in [-0.1, -0.05) is 6.07 Å². The first kappa shape index (κ1) is 12.4. The van der Waals surface area contributed by atoms with E-state index in [0.717, 1.165) is 24.6 Å². The number of hydrogen-bond acceptors (Lipinski definition) is 3. The lowest BCUT2D eigenvalue weighted by molar-refractivity contribution is 0.407. The van der Waals surface area contributed by atoms with Gasteiger partial charge in [-0.2, -0.15) is 12.6 Å². The first-order valence-corrected chi connectivity index (χ1v) is 5.78. The first-order valence-electron chi connectivity index (χ1n) is 5.14. The van der Waals surface area contributed by atoms with Gasteiger partial charge in [0.1, 0.15) is 5.75 Å². The maximum absolute atomic E-state index is 5.38. The van der Waals surface area contributed by atoms with Gasteiger partial charge in [-0.3, -0.25) is 0 Å². The molecular weight excluding hydrogens is 206 g/mol. The van der Waals surface area contributed by atoms with E-state index in [9.17, 15) is 0 Å². The molecule has 0 fully saturated rings. The quantitative estimate of drug-likeness (QED) is 0.593. The number of benzene rings is 1. The summed E-state index contributed by atoms with van der Waals surface area (Å²) in [7, 11) is 1.72. The summed E-state index contributed by atoms with van der Waals surface area (Å²) in [6, 6.07) is 4.25. The van der Waals surface area contributed by atoms with Gasteiger partial charge in [0.15, 0.2) is 0 Å². The SMILES string of the molecule is COc1cc(C)cc(C)c1CNCCS. The molecule has 3 heteroatoms. The lowest BCUT2D eigenvalue weighted by Crippen LogP contribution is -2.17. The number of aryl methyl sites for hydroxylation is 2. The third-order valence-corrected chi connectivity index (χ3v) is 2.61. The van der Waals surface area contributed by atoms with Crippen molar-refractivity contribution in [2.24, 2.45) is 0 Å². The van der Waals surface area contributed by atoms with Crippen LogP contribution in [0.1, 0.15) is 16.7 Å². The van der Waals surface area contributed by atoms with Crippen LogP contribution in [0.3, 0.4) is 0 Å². The van der Waals surface area contributed by atoms with Gasteiger partial charge in [0.05, 0.1) is 7.11 Å². The summed E-state index contributed by atoms with van der Waals surface area (Å²) < 4.78 is 5.38. The van der Waals surface area contributed by atoms with E-state index in [4.69, 9.17) is 4.74 Å². The Kier molecular flexibility index (Phi) is 4.99. The molecule has 0 radical (unpaired) electrons. The highest BCUT2D eigenvalue weighted by atomic mass is 32.1. The third kappa shape index (κ3) is 3.43. The summed E-state index contributed by atoms with van der Waals surface area (Å²) in [6.45, 7) is 5.96. The van der Waals surface area contributed by atoms with E-state index < -0.39 is 0 Å². The summed E-state index contributed by atoms with van der Waals surface area (Å²) in [5.41, 5.74) is 3.76. The van der Waals surface area contributed by atoms with E-state index in [1.807, 2.05) is 0 Å². The van der Waals surface area contributed by atoms with Gasteiger partial charge in [-0.15, -0.1) is 0 Å². The van der Waals surface area contributed by atoms with E-state index in [0.29, 0.717) is 0 Å². The number of rotatable bonds is 5. The molecule has 1 aromatic carbocycles. The Balaban J connectivity index is 2.84. The Morgan fingerprint density at radius 2 is 2.07 bits per heavy atom. The molecule has 0 unspecified atom stereocenters. The van der Waals surface area contributed by atoms with Crippen molar-refractivity contribution in [1.82, 2.24) is 5.32 Å². The van der Waals surface area contributed by atoms with Crippen LogP contribution in [0.15, 0.2) is 12.1 Å². The molecule has 0 atom stereocenters. The zero-order valence-electron chi connectivity index (χ0n) is 9.63. The summed E-state index contributed by atoms with van der Waals surface area (Å²) in [6.07, 6.45) is 0. The highest BCUT2D eigenvalue weighted by Gasteiger charge is 2.06. The Hall–Kier alpha value is -0.670. The maximum Gasteiger partial charge on any atom is 0.123 e. The number of ether oxygens (including phenoxy) is 1. The van der Waals surface area contributed by atoms with Crippen molar-refractivity contribution in [2.45, 2.75) is 20.4 Å². The molecule has 0 saturated carbocycles. The van der Waals surface area contributed by atoms with Crippen LogP contribution in [-0.2, 0) is 6.54 Å². The average molecular weight is 225 g/mol. The molecule has 0 aliphatic rings. The molecule has 1 aromatic rings. The number of methoxy groups -OCH3 is 1. The van der Waals surface area contributed by atoms with E-state index in [1.165, 1.54) is 16.7 Å². The lowest BCUT2D eigenvalue weighted by Gasteiger charge is -2.13. The van der Waals surface area contributed by atoms with E-state index in [1.54, 1.807) is 7.11 Å². The third-order valence-electron chi connectivity index (χ3n) is 2.39. The molecule has 0 spiro atoms. The zero-order valence-corrected chi connectivity index (χ0v) is 10.5. The van der Waals surface area contributed by atoms with E-state index in [2.05, 4.69) is 43.9 Å². The summed E-state index contributed by atoms with van der Waals surface area (Å²) in [5, 5.41) is 3.33. The van der Waals surface area contributed by atoms with Crippen molar-refractivity contribution in [2.75, 3.05) is 19.4 Å². The Bertz CT molecular complexity index is 326. The summed E-state index contributed by atoms with van der Waals surface area (Å²) in [4.78, 5) is 0. The summed E-state index contributed by atoms with van der Waals surface area (Å²) >= 11 is 4.16. The van der Waals surface area contributed by atoms with Crippen LogP contribution in [0.4, 0.5) is 0 Å². The number of hydrogen-bond donors (Lipinski definition) is 2. The van der Waals surface area contributed by atoms with Crippen molar-refractivity contribution < 1.29 is 4.74 Å². The fourth-order valence-electron chi connectivity index (χ4n) is 1.66. The van der Waals surface area contributed by atoms with Gasteiger partial charge in [0, 0.05) is 24.4 Å². The highest BCUT2D eigenvalue weighted by Crippen LogP contribution is 2.23. The minimum Gasteiger partial charge on any atom is -0.496 e. The highest BCUT2D eigenvalue weighted by molar-refractivity contribution is 7.80. The van der Waals surface area contributed by atoms with E-state index in [-0.39, 0.29) is 0 Å². The van der Waals surface area contributed by atoms with E-state index >= 15 is 0 Å². The van der Waals surface area contributed by atoms with Crippen molar-refractivity contribution in [3.63, 3.8) is 0 Å². The monoisotopic (exact) mass is 225 g/mol. The summed E-state index contributed by atoms with van der Waals surface area (Å²) in [5.74, 6) is 1.83. The predicted octanol–water partition coefficient (Wildman–Crippen LogP) is 2.33. The Morgan fingerprint density at radius 1 is 1.33 bits per heavy atom. The van der Waals surface area contributed by atoms with Crippen LogP contribution < -0.4 is 10.1 Å². The molecule has 0 heterocycles. The van der Waals surface area contributed by atoms with Crippen LogP contribution in [0.2, 0.25) is 0 Å². The van der Waals surface area contributed by atoms with Crippen LogP contribution in [-0.4, -0.2) is 19.4 Å². The number of nitrogens with one attached hydrogen (secondary N) is 1. The molecular formula is C12H19NOS. The van der Waals surface area contributed by atoms with Crippen molar-refractivity contribution in [3.05, 3.63) is 28.8 Å². The second kappa shape index (κ2) is 6.03. The molecule has 15 heavy (non-hydrogen) atoms. The molecule has 0 aliphatic heterocycles. The van der Waals surface area contributed by atoms with Crippen molar-refractivity contribution in [3.8, 4) is 5.75 Å². The zero-order chi connectivity index (χ0) is 11.3. The van der Waals surface area contributed by atoms with Crippen LogP contribution in [0.5, 0.6) is 5.75 Å². The maximum atomic E-state index is 5.38. The van der Waals surface area contributed by atoms with Crippen molar-refractivity contribution in [1.29, 1.82) is 0 Å². The van der Waals surface area contributed by atoms with Crippen LogP contribution in [0.25, 0.3) is 0 Å². The predicted molar refractivity (Wildman–Crippen MR) is 68.0 cm³/mol. The smallest absolute Gasteiger partial charge is 0.123 e. The molecule has 0 amide bonds. The molecule has 1 rings (SSSR count). The average Bonchev–Trinajstić information content (AvgIpc) is 2.20. The van der Waals surface area contributed by atoms with Crippen LogP contribution >= 0.6 is 12.6 Å². The second-order valence-corrected chi connectivity index (χ2v) is 4.11. The topological polar surface area (TPSA) is 21.3 Å². The normalized spacial score (nSPS) is 10.4. The van der Waals surface area contributed by atoms with Crippen molar-refractivity contribution >= 4 is 12.6 Å². The van der Waals surface area contributed by atoms with Gasteiger partial charge in [0.25, 0.3) is 0 Å². The fraction of sp³-hybridized carbons (Fsp3) is 0.500. The molecule has 0 aliphatic carbocycles. The minimum absolute atomic E-state index is 0.843. The molecule has 0 aromatic heterocycles. The fourth-order valence-corrected chi connectivity index (χ4v) is 1.82. The largest absolute Gasteiger partial charge is 0.496 e. The lowest BCUT2D eigenvalue weighted by atomic mass is 10.0. The van der Waals surface area contributed by atoms with Gasteiger partial charge in [0.2, 0.25) is 0 Å². The molecule has 0 saturated heterocycles. The standard InChI is InChI=1S/C12H19NOS/c1-9-6-10(2)11(8-13-4-5-15)12(7-9)14-3/h6-7,13,15H,4-5,8H2,1-3H3. The van der Waals surface area contributed by atoms with Gasteiger partial charge < -0.3 is 10.1 Å².